The lowest BCUT2D eigenvalue weighted by molar-refractivity contribution is 0.581. The van der Waals surface area contributed by atoms with Crippen LogP contribution in [-0.4, -0.2) is 37.5 Å². The molecule has 0 aromatic heterocycles. The number of thioether (sulfide) groups is 2. The second-order valence-electron chi connectivity index (χ2n) is 4.23. The predicted molar refractivity (Wildman–Crippen MR) is 95.0 cm³/mol. The van der Waals surface area contributed by atoms with Crippen molar-refractivity contribution in [3.63, 3.8) is 0 Å². The van der Waals surface area contributed by atoms with Gasteiger partial charge in [-0.15, -0.1) is 0 Å². The van der Waals surface area contributed by atoms with E-state index in [1.165, 1.54) is 0 Å². The molecular formula is C11H14Br2N2O2S3. The van der Waals surface area contributed by atoms with Gasteiger partial charge in [0.1, 0.15) is 4.90 Å². The van der Waals surface area contributed by atoms with Gasteiger partial charge in [0.05, 0.1) is 5.69 Å². The molecule has 1 aliphatic heterocycles. The zero-order valence-corrected chi connectivity index (χ0v) is 16.1. The van der Waals surface area contributed by atoms with Crippen molar-refractivity contribution in [2.24, 2.45) is 0 Å². The number of nitrogens with two attached hydrogens (primary N) is 1. The lowest BCUT2D eigenvalue weighted by Crippen LogP contribution is -2.34. The van der Waals surface area contributed by atoms with Crippen molar-refractivity contribution in [2.75, 3.05) is 29.5 Å². The van der Waals surface area contributed by atoms with Crippen LogP contribution in [0, 0.1) is 0 Å². The molecule has 9 heteroatoms. The predicted octanol–water partition coefficient (Wildman–Crippen LogP) is 2.92. The summed E-state index contributed by atoms with van der Waals surface area (Å²) < 4.78 is 28.6. The number of benzene rings is 1. The Hall–Kier alpha value is 0.590. The Balaban J connectivity index is 2.14. The summed E-state index contributed by atoms with van der Waals surface area (Å²) in [5, 5.41) is 0.318. The molecule has 1 saturated heterocycles. The van der Waals surface area contributed by atoms with Gasteiger partial charge in [0, 0.05) is 38.0 Å². The molecule has 1 aliphatic rings. The minimum Gasteiger partial charge on any atom is -0.398 e. The summed E-state index contributed by atoms with van der Waals surface area (Å²) in [4.78, 5) is 0.106. The fraction of sp³-hybridized carbons (Fsp3) is 0.455. The molecule has 0 bridgehead atoms. The maximum Gasteiger partial charge on any atom is 0.243 e. The molecule has 0 radical (unpaired) electrons. The number of nitrogen functional groups attached to an aromatic ring is 1. The number of halogens is 2. The average Bonchev–Trinajstić information content (AvgIpc) is 2.36. The molecule has 0 saturated carbocycles. The highest BCUT2D eigenvalue weighted by atomic mass is 79.9. The summed E-state index contributed by atoms with van der Waals surface area (Å²) in [7, 11) is -3.60. The van der Waals surface area contributed by atoms with Crippen LogP contribution in [0.2, 0.25) is 0 Å². The average molecular weight is 462 g/mol. The minimum absolute atomic E-state index is 0.106. The fourth-order valence-corrected chi connectivity index (χ4v) is 7.66. The zero-order chi connectivity index (χ0) is 14.8. The molecule has 1 aromatic rings. The highest BCUT2D eigenvalue weighted by molar-refractivity contribution is 9.11. The Bertz CT molecular complexity index is 566. The van der Waals surface area contributed by atoms with Crippen molar-refractivity contribution >= 4 is 71.1 Å². The molecule has 0 spiro atoms. The molecule has 1 fully saturated rings. The molecule has 112 valence electrons. The third-order valence-electron chi connectivity index (χ3n) is 2.69. The summed E-state index contributed by atoms with van der Waals surface area (Å²) in [6.45, 7) is 0.432. The van der Waals surface area contributed by atoms with Crippen LogP contribution < -0.4 is 10.5 Å². The quantitative estimate of drug-likeness (QED) is 0.674. The third kappa shape index (κ3) is 4.30. The molecular weight excluding hydrogens is 448 g/mol. The van der Waals surface area contributed by atoms with E-state index in [0.717, 1.165) is 21.7 Å². The summed E-state index contributed by atoms with van der Waals surface area (Å²) in [6, 6.07) is 3.26. The van der Waals surface area contributed by atoms with E-state index in [9.17, 15) is 8.42 Å². The van der Waals surface area contributed by atoms with E-state index in [4.69, 9.17) is 5.73 Å². The molecule has 1 unspecified atom stereocenters. The van der Waals surface area contributed by atoms with Crippen LogP contribution in [0.15, 0.2) is 26.0 Å². The van der Waals surface area contributed by atoms with Gasteiger partial charge in [-0.05, 0) is 28.1 Å². The number of hydrogen-bond acceptors (Lipinski definition) is 5. The SMILES string of the molecule is Nc1cc(Br)cc(Br)c1S(=O)(=O)NCC1CSCCS1. The molecule has 1 aromatic carbocycles. The number of rotatable bonds is 4. The van der Waals surface area contributed by atoms with Crippen molar-refractivity contribution in [1.82, 2.24) is 4.72 Å². The highest BCUT2D eigenvalue weighted by Crippen LogP contribution is 2.32. The molecule has 0 aliphatic carbocycles. The first kappa shape index (κ1) is 17.0. The van der Waals surface area contributed by atoms with Gasteiger partial charge in [-0.2, -0.15) is 23.5 Å². The first-order valence-electron chi connectivity index (χ1n) is 5.83. The van der Waals surface area contributed by atoms with Crippen LogP contribution in [0.4, 0.5) is 5.69 Å². The normalized spacial score (nSPS) is 20.0. The fourth-order valence-electron chi connectivity index (χ4n) is 1.79. The van der Waals surface area contributed by atoms with E-state index < -0.39 is 10.0 Å². The number of nitrogens with one attached hydrogen (secondary N) is 1. The van der Waals surface area contributed by atoms with Crippen LogP contribution in [0.25, 0.3) is 0 Å². The van der Waals surface area contributed by atoms with Gasteiger partial charge in [-0.3, -0.25) is 0 Å². The molecule has 1 atom stereocenters. The van der Waals surface area contributed by atoms with Gasteiger partial charge in [0.15, 0.2) is 0 Å². The van der Waals surface area contributed by atoms with E-state index in [1.807, 2.05) is 23.5 Å². The molecule has 2 rings (SSSR count). The molecule has 4 nitrogen and oxygen atoms in total. The van der Waals surface area contributed by atoms with Gasteiger partial charge < -0.3 is 5.73 Å². The van der Waals surface area contributed by atoms with Crippen LogP contribution in [0.5, 0.6) is 0 Å². The lowest BCUT2D eigenvalue weighted by Gasteiger charge is -2.21. The second kappa shape index (κ2) is 7.23. The van der Waals surface area contributed by atoms with E-state index in [-0.39, 0.29) is 10.6 Å². The summed E-state index contributed by atoms with van der Waals surface area (Å²) in [5.41, 5.74) is 6.05. The van der Waals surface area contributed by atoms with Gasteiger partial charge in [0.2, 0.25) is 10.0 Å². The molecule has 0 amide bonds. The summed E-state index contributed by atoms with van der Waals surface area (Å²) in [6.07, 6.45) is 0. The Morgan fingerprint density at radius 3 is 2.70 bits per heavy atom. The van der Waals surface area contributed by atoms with Crippen molar-refractivity contribution in [2.45, 2.75) is 10.1 Å². The highest BCUT2D eigenvalue weighted by Gasteiger charge is 2.23. The standard InChI is InChI=1S/C11H14Br2N2O2S3/c12-7-3-9(13)11(10(14)4-7)20(16,17)15-5-8-6-18-1-2-19-8/h3-4,8,15H,1-2,5-6,14H2. The maximum absolute atomic E-state index is 12.4. The summed E-state index contributed by atoms with van der Waals surface area (Å²) >= 11 is 10.2. The van der Waals surface area contributed by atoms with Crippen LogP contribution in [0.1, 0.15) is 0 Å². The maximum atomic E-state index is 12.4. The van der Waals surface area contributed by atoms with Crippen LogP contribution in [-0.2, 0) is 10.0 Å². The minimum atomic E-state index is -3.60. The largest absolute Gasteiger partial charge is 0.398 e. The van der Waals surface area contributed by atoms with Crippen molar-refractivity contribution < 1.29 is 8.42 Å². The Labute approximate surface area is 144 Å². The zero-order valence-electron chi connectivity index (χ0n) is 10.4. The number of anilines is 1. The first-order valence-corrected chi connectivity index (χ1v) is 11.1. The van der Waals surface area contributed by atoms with Gasteiger partial charge >= 0.3 is 0 Å². The first-order chi connectivity index (χ1) is 9.40. The molecule has 1 heterocycles. The third-order valence-corrected chi connectivity index (χ3v) is 8.42. The van der Waals surface area contributed by atoms with Crippen molar-refractivity contribution in [1.29, 1.82) is 0 Å². The van der Waals surface area contributed by atoms with Crippen molar-refractivity contribution in [3.8, 4) is 0 Å². The lowest BCUT2D eigenvalue weighted by atomic mass is 10.3. The van der Waals surface area contributed by atoms with Crippen LogP contribution >= 0.6 is 55.4 Å². The number of sulfonamides is 1. The number of hydrogen-bond donors (Lipinski definition) is 2. The second-order valence-corrected chi connectivity index (χ2v) is 10.3. The van der Waals surface area contributed by atoms with E-state index >= 15 is 0 Å². The van der Waals surface area contributed by atoms with E-state index in [0.29, 0.717) is 16.3 Å². The Morgan fingerprint density at radius 1 is 1.35 bits per heavy atom. The molecule has 3 N–H and O–H groups in total. The van der Waals surface area contributed by atoms with Gasteiger partial charge in [-0.1, -0.05) is 15.9 Å². The topological polar surface area (TPSA) is 72.2 Å². The van der Waals surface area contributed by atoms with Crippen molar-refractivity contribution in [3.05, 3.63) is 21.1 Å². The smallest absolute Gasteiger partial charge is 0.243 e. The Kier molecular flexibility index (Phi) is 6.13. The summed E-state index contributed by atoms with van der Waals surface area (Å²) in [5.74, 6) is 3.18. The van der Waals surface area contributed by atoms with E-state index in [1.54, 1.807) is 12.1 Å². The Morgan fingerprint density at radius 2 is 2.10 bits per heavy atom. The van der Waals surface area contributed by atoms with Crippen LogP contribution in [0.3, 0.4) is 0 Å². The molecule has 20 heavy (non-hydrogen) atoms. The van der Waals surface area contributed by atoms with Gasteiger partial charge in [-0.25, -0.2) is 13.1 Å². The monoisotopic (exact) mass is 460 g/mol. The van der Waals surface area contributed by atoms with Gasteiger partial charge in [0.25, 0.3) is 0 Å². The van der Waals surface area contributed by atoms with E-state index in [2.05, 4.69) is 36.6 Å².